The van der Waals surface area contributed by atoms with E-state index in [9.17, 15) is 9.90 Å². The van der Waals surface area contributed by atoms with Gasteiger partial charge in [0.05, 0.1) is 0 Å². The van der Waals surface area contributed by atoms with Crippen molar-refractivity contribution in [2.24, 2.45) is 0 Å². The largest absolute Gasteiger partial charge is 0.464 e. The maximum Gasteiger partial charge on any atom is 0.414 e. The molecule has 0 unspecified atom stereocenters. The first-order valence-electron chi connectivity index (χ1n) is 9.72. The summed E-state index contributed by atoms with van der Waals surface area (Å²) in [4.78, 5) is 13.8. The highest BCUT2D eigenvalue weighted by Gasteiger charge is 2.29. The summed E-state index contributed by atoms with van der Waals surface area (Å²) in [5.41, 5.74) is 0. The molecule has 0 rings (SSSR count). The average Bonchev–Trinajstić information content (AvgIpc) is 2.57. The summed E-state index contributed by atoms with van der Waals surface area (Å²) < 4.78 is 3.80. The molecule has 1 amide bonds. The number of rotatable bonds is 14. The van der Waals surface area contributed by atoms with Gasteiger partial charge in [-0.05, 0) is 36.5 Å². The lowest BCUT2D eigenvalue weighted by molar-refractivity contribution is 0.201. The zero-order chi connectivity index (χ0) is 19.1. The predicted octanol–water partition coefficient (Wildman–Crippen LogP) is 7.06. The van der Waals surface area contributed by atoms with E-state index in [1.807, 2.05) is 0 Å². The van der Waals surface area contributed by atoms with Crippen LogP contribution in [-0.4, -0.2) is 45.0 Å². The minimum Gasteiger partial charge on any atom is -0.464 e. The molecule has 0 spiro atoms. The van der Waals surface area contributed by atoms with Crippen molar-refractivity contribution < 1.29 is 9.90 Å². The molecule has 0 aliphatic carbocycles. The van der Waals surface area contributed by atoms with Crippen LogP contribution in [0, 0.1) is 0 Å². The Kier molecular flexibility index (Phi) is 18.9. The van der Waals surface area contributed by atoms with E-state index in [2.05, 4.69) is 37.3 Å². The molecule has 4 nitrogen and oxygen atoms in total. The quantitative estimate of drug-likeness (QED) is 0.223. The van der Waals surface area contributed by atoms with Gasteiger partial charge in [-0.15, -0.1) is 9.25 Å². The Hall–Kier alpha value is 0.210. The number of amides is 1. The number of unbranched alkanes of at least 4 members (excludes halogenated alkanes) is 4. The second-order valence-corrected chi connectivity index (χ2v) is 12.6. The van der Waals surface area contributed by atoms with Crippen molar-refractivity contribution in [1.82, 2.24) is 9.62 Å². The number of hydrogen-bond acceptors (Lipinski definition) is 3. The van der Waals surface area contributed by atoms with Crippen LogP contribution in [0.4, 0.5) is 4.79 Å². The van der Waals surface area contributed by atoms with Crippen LogP contribution in [-0.2, 0) is 0 Å². The molecule has 2 radical (unpaired) electrons. The van der Waals surface area contributed by atoms with Crippen LogP contribution in [0.5, 0.6) is 0 Å². The monoisotopic (exact) mass is 442 g/mol. The second-order valence-electron chi connectivity index (χ2n) is 6.38. The van der Waals surface area contributed by atoms with Crippen molar-refractivity contribution in [3.8, 4) is 0 Å². The molecular weight excluding hydrogens is 404 g/mol. The van der Waals surface area contributed by atoms with Crippen molar-refractivity contribution in [3.05, 3.63) is 0 Å². The van der Waals surface area contributed by atoms with E-state index >= 15 is 0 Å². The Morgan fingerprint density at radius 1 is 0.962 bits per heavy atom. The van der Waals surface area contributed by atoms with Gasteiger partial charge in [0, 0.05) is 38.1 Å². The number of carbonyl (C=O) groups is 1. The third-order valence-corrected chi connectivity index (χ3v) is 10.6. The molecule has 0 aromatic heterocycles. The molecular formula is C18H38N2O2S4. The normalized spacial score (nSPS) is 11.5. The first kappa shape index (κ1) is 28.4. The average molecular weight is 443 g/mol. The van der Waals surface area contributed by atoms with Crippen LogP contribution in [0.1, 0.15) is 79.1 Å². The van der Waals surface area contributed by atoms with Crippen LogP contribution >= 0.6 is 45.8 Å². The lowest BCUT2D eigenvalue weighted by atomic mass is 10.3. The Labute approximate surface area is 178 Å². The fraction of sp³-hybridized carbons (Fsp3) is 0.889. The first-order chi connectivity index (χ1) is 11.9. The van der Waals surface area contributed by atoms with Gasteiger partial charge in [0.25, 0.3) is 0 Å². The van der Waals surface area contributed by atoms with Crippen molar-refractivity contribution >= 4 is 56.2 Å². The lowest BCUT2D eigenvalue weighted by Gasteiger charge is -2.40. The standard InChI is InChI=1S/C18H38N2O2S3.S/c1-5-9-13-20(14-10-6-2)18(23)24-25(15-11-7-3,16-12-8-4)19-17(21)22;/h19H,5-16H2,1-4H3,(H,21,22);. The summed E-state index contributed by atoms with van der Waals surface area (Å²) >= 11 is 5.78. The van der Waals surface area contributed by atoms with E-state index < -0.39 is 15.3 Å². The van der Waals surface area contributed by atoms with E-state index in [0.717, 1.165) is 80.3 Å². The fourth-order valence-electron chi connectivity index (χ4n) is 2.40. The summed E-state index contributed by atoms with van der Waals surface area (Å²) in [7, 11) is 0.128. The van der Waals surface area contributed by atoms with E-state index in [1.54, 1.807) is 10.8 Å². The molecule has 0 aliphatic rings. The van der Waals surface area contributed by atoms with Gasteiger partial charge in [0.2, 0.25) is 0 Å². The highest BCUT2D eigenvalue weighted by Crippen LogP contribution is 2.58. The molecule has 0 heterocycles. The molecule has 0 saturated heterocycles. The Bertz CT molecular complexity index is 368. The molecule has 8 heteroatoms. The van der Waals surface area contributed by atoms with E-state index in [-0.39, 0.29) is 13.5 Å². The number of thiocarbonyl (C=S) groups is 1. The molecule has 0 bridgehead atoms. The Balaban J connectivity index is 0. The SMILES string of the molecule is CCCCN(CCCC)C(=S)SS(CCCC)(CCCC)NC(=O)O.[S]. The van der Waals surface area contributed by atoms with Crippen molar-refractivity contribution in [2.75, 3.05) is 24.6 Å². The van der Waals surface area contributed by atoms with E-state index in [0.29, 0.717) is 0 Å². The molecule has 156 valence electrons. The Morgan fingerprint density at radius 3 is 1.73 bits per heavy atom. The second kappa shape index (κ2) is 17.3. The van der Waals surface area contributed by atoms with Crippen molar-refractivity contribution in [1.29, 1.82) is 0 Å². The number of carboxylic acid groups (broad SMARTS) is 1. The maximum absolute atomic E-state index is 11.5. The van der Waals surface area contributed by atoms with Gasteiger partial charge in [-0.25, -0.2) is 4.79 Å². The molecule has 2 N–H and O–H groups in total. The maximum atomic E-state index is 11.5. The summed E-state index contributed by atoms with van der Waals surface area (Å²) in [5, 5.41) is 9.42. The molecule has 0 aliphatic heterocycles. The molecule has 26 heavy (non-hydrogen) atoms. The topological polar surface area (TPSA) is 52.6 Å². The predicted molar refractivity (Wildman–Crippen MR) is 127 cm³/mol. The zero-order valence-electron chi connectivity index (χ0n) is 16.9. The van der Waals surface area contributed by atoms with Crippen LogP contribution in [0.25, 0.3) is 0 Å². The van der Waals surface area contributed by atoms with Crippen molar-refractivity contribution in [3.63, 3.8) is 0 Å². The van der Waals surface area contributed by atoms with Gasteiger partial charge >= 0.3 is 6.09 Å². The minimum atomic E-state index is -1.53. The highest BCUT2D eigenvalue weighted by atomic mass is 33.2. The summed E-state index contributed by atoms with van der Waals surface area (Å²) in [6, 6.07) is 0. The van der Waals surface area contributed by atoms with Gasteiger partial charge in [-0.1, -0.05) is 65.6 Å². The lowest BCUT2D eigenvalue weighted by Crippen LogP contribution is -2.34. The molecule has 0 saturated carbocycles. The van der Waals surface area contributed by atoms with Crippen LogP contribution in [0.15, 0.2) is 0 Å². The number of nitrogens with zero attached hydrogens (tertiary/aromatic N) is 1. The highest BCUT2D eigenvalue weighted by molar-refractivity contribution is 8.98. The summed E-state index contributed by atoms with van der Waals surface area (Å²) in [6.07, 6.45) is 7.87. The van der Waals surface area contributed by atoms with Gasteiger partial charge in [-0.2, -0.15) is 0 Å². The van der Waals surface area contributed by atoms with Crippen LogP contribution < -0.4 is 4.72 Å². The Morgan fingerprint density at radius 2 is 1.38 bits per heavy atom. The third kappa shape index (κ3) is 12.6. The molecule has 0 aromatic rings. The zero-order valence-corrected chi connectivity index (χ0v) is 20.2. The van der Waals surface area contributed by atoms with Gasteiger partial charge in [0.15, 0.2) is 0 Å². The van der Waals surface area contributed by atoms with E-state index in [4.69, 9.17) is 12.2 Å². The van der Waals surface area contributed by atoms with Crippen molar-refractivity contribution in [2.45, 2.75) is 79.1 Å². The van der Waals surface area contributed by atoms with Gasteiger partial charge in [0.1, 0.15) is 4.32 Å². The molecule has 0 fully saturated rings. The van der Waals surface area contributed by atoms with Gasteiger partial charge < -0.3 is 10.0 Å². The van der Waals surface area contributed by atoms with Crippen LogP contribution in [0.3, 0.4) is 0 Å². The van der Waals surface area contributed by atoms with Gasteiger partial charge in [-0.3, -0.25) is 4.72 Å². The first-order valence-corrected chi connectivity index (χ1v) is 13.4. The fourth-order valence-corrected chi connectivity index (χ4v) is 9.45. The third-order valence-electron chi connectivity index (χ3n) is 3.98. The number of nitrogens with one attached hydrogen (secondary N) is 1. The molecule has 0 aromatic carbocycles. The smallest absolute Gasteiger partial charge is 0.414 e. The summed E-state index contributed by atoms with van der Waals surface area (Å²) in [6.45, 7) is 10.7. The number of hydrogen-bond donors (Lipinski definition) is 2. The minimum absolute atomic E-state index is 0. The van der Waals surface area contributed by atoms with E-state index in [1.165, 1.54) is 0 Å². The summed E-state index contributed by atoms with van der Waals surface area (Å²) in [5.74, 6) is 1.83. The molecule has 0 atom stereocenters. The van der Waals surface area contributed by atoms with Crippen LogP contribution in [0.2, 0.25) is 0 Å².